The number of hydrogen-bond donors (Lipinski definition) is 5. The Bertz CT molecular complexity index is 1150. The standard InChI is InChI=1S/C26H37N3O5S2/c1-26(2,27-17-24(31)20-7-8-23(30)22(15-20)29-36(3,33)34)16-19-6-4-5-18(13-19)14-25(32)28-21-9-11-35-12-10-21/h4-8,13,15,21,24,27,29-31H,9-12,14,16-17H2,1-3H3,(H,28,32)/t24-/m0/s1. The van der Waals surface area contributed by atoms with Crippen molar-refractivity contribution in [2.75, 3.05) is 29.0 Å². The van der Waals surface area contributed by atoms with Crippen LogP contribution in [0.3, 0.4) is 0 Å². The van der Waals surface area contributed by atoms with Crippen molar-refractivity contribution in [3.63, 3.8) is 0 Å². The van der Waals surface area contributed by atoms with E-state index < -0.39 is 16.1 Å². The number of thioether (sulfide) groups is 1. The van der Waals surface area contributed by atoms with Gasteiger partial charge in [0, 0.05) is 18.1 Å². The molecule has 198 valence electrons. The molecule has 2 aromatic rings. The number of phenolic OH excluding ortho intramolecular Hbond substituents is 1. The average Bonchev–Trinajstić information content (AvgIpc) is 2.78. The minimum Gasteiger partial charge on any atom is -0.506 e. The molecule has 5 N–H and O–H groups in total. The third-order valence-electron chi connectivity index (χ3n) is 6.06. The number of phenols is 1. The van der Waals surface area contributed by atoms with E-state index in [1.807, 2.05) is 43.8 Å². The Balaban J connectivity index is 1.55. The number of aliphatic hydroxyl groups is 1. The fourth-order valence-electron chi connectivity index (χ4n) is 4.26. The summed E-state index contributed by atoms with van der Waals surface area (Å²) >= 11 is 1.94. The van der Waals surface area contributed by atoms with Gasteiger partial charge in [0.25, 0.3) is 0 Å². The zero-order valence-corrected chi connectivity index (χ0v) is 22.7. The minimum atomic E-state index is -3.56. The Labute approximate surface area is 218 Å². The first kappa shape index (κ1) is 28.3. The first-order chi connectivity index (χ1) is 16.9. The van der Waals surface area contributed by atoms with Crippen LogP contribution in [-0.2, 0) is 27.7 Å². The summed E-state index contributed by atoms with van der Waals surface area (Å²) in [4.78, 5) is 12.5. The monoisotopic (exact) mass is 535 g/mol. The lowest BCUT2D eigenvalue weighted by Crippen LogP contribution is -2.43. The lowest BCUT2D eigenvalue weighted by molar-refractivity contribution is -0.121. The molecule has 1 fully saturated rings. The molecule has 2 aromatic carbocycles. The number of rotatable bonds is 11. The maximum atomic E-state index is 12.5. The fourth-order valence-corrected chi connectivity index (χ4v) is 5.93. The van der Waals surface area contributed by atoms with Crippen LogP contribution in [0.5, 0.6) is 5.75 Å². The van der Waals surface area contributed by atoms with Gasteiger partial charge in [0.15, 0.2) is 0 Å². The van der Waals surface area contributed by atoms with E-state index in [0.29, 0.717) is 18.4 Å². The van der Waals surface area contributed by atoms with Crippen molar-refractivity contribution < 1.29 is 23.4 Å². The van der Waals surface area contributed by atoms with E-state index in [2.05, 4.69) is 21.4 Å². The Hall–Kier alpha value is -2.27. The molecular formula is C26H37N3O5S2. The van der Waals surface area contributed by atoms with Gasteiger partial charge in [-0.3, -0.25) is 9.52 Å². The van der Waals surface area contributed by atoms with Crippen LogP contribution in [-0.4, -0.2) is 60.4 Å². The SMILES string of the molecule is CC(C)(Cc1cccc(CC(=O)NC2CCSCC2)c1)NC[C@H](O)c1ccc(O)c(NS(C)(=O)=O)c1. The highest BCUT2D eigenvalue weighted by molar-refractivity contribution is 7.99. The molecular weight excluding hydrogens is 498 g/mol. The van der Waals surface area contributed by atoms with Gasteiger partial charge >= 0.3 is 0 Å². The van der Waals surface area contributed by atoms with Crippen molar-refractivity contribution in [2.45, 2.75) is 57.2 Å². The van der Waals surface area contributed by atoms with Crippen LogP contribution in [0.4, 0.5) is 5.69 Å². The van der Waals surface area contributed by atoms with Gasteiger partial charge in [-0.15, -0.1) is 0 Å². The highest BCUT2D eigenvalue weighted by atomic mass is 32.2. The molecule has 0 unspecified atom stereocenters. The molecule has 10 heteroatoms. The van der Waals surface area contributed by atoms with Gasteiger partial charge in [0.05, 0.1) is 24.5 Å². The van der Waals surface area contributed by atoms with E-state index in [9.17, 15) is 23.4 Å². The molecule has 1 heterocycles. The summed E-state index contributed by atoms with van der Waals surface area (Å²) in [6.07, 6.45) is 3.19. The number of amides is 1. The molecule has 0 aromatic heterocycles. The second-order valence-corrected chi connectivity index (χ2v) is 13.0. The summed E-state index contributed by atoms with van der Waals surface area (Å²) in [5, 5.41) is 27.1. The summed E-state index contributed by atoms with van der Waals surface area (Å²) < 4.78 is 25.3. The molecule has 1 saturated heterocycles. The zero-order valence-electron chi connectivity index (χ0n) is 21.1. The summed E-state index contributed by atoms with van der Waals surface area (Å²) in [6.45, 7) is 4.30. The van der Waals surface area contributed by atoms with Gasteiger partial charge in [-0.05, 0) is 73.4 Å². The van der Waals surface area contributed by atoms with Crippen LogP contribution in [0.15, 0.2) is 42.5 Å². The van der Waals surface area contributed by atoms with E-state index >= 15 is 0 Å². The average molecular weight is 536 g/mol. The van der Waals surface area contributed by atoms with Gasteiger partial charge in [0.1, 0.15) is 5.75 Å². The molecule has 1 atom stereocenters. The maximum absolute atomic E-state index is 12.5. The number of nitrogens with one attached hydrogen (secondary N) is 3. The second-order valence-electron chi connectivity index (χ2n) is 10.1. The third kappa shape index (κ3) is 9.31. The first-order valence-corrected chi connectivity index (χ1v) is 15.1. The highest BCUT2D eigenvalue weighted by Gasteiger charge is 2.21. The number of sulfonamides is 1. The van der Waals surface area contributed by atoms with Gasteiger partial charge in [-0.25, -0.2) is 8.42 Å². The van der Waals surface area contributed by atoms with Crippen molar-refractivity contribution in [1.82, 2.24) is 10.6 Å². The molecule has 3 rings (SSSR count). The van der Waals surface area contributed by atoms with Crippen molar-refractivity contribution in [3.8, 4) is 5.75 Å². The molecule has 0 bridgehead atoms. The number of anilines is 1. The van der Waals surface area contributed by atoms with Gasteiger partial charge in [-0.2, -0.15) is 11.8 Å². The summed E-state index contributed by atoms with van der Waals surface area (Å²) in [5.41, 5.74) is 2.21. The summed E-state index contributed by atoms with van der Waals surface area (Å²) in [6, 6.07) is 12.6. The normalized spacial score (nSPS) is 15.9. The van der Waals surface area contributed by atoms with Crippen molar-refractivity contribution in [1.29, 1.82) is 0 Å². The number of benzene rings is 2. The number of carbonyl (C=O) groups excluding carboxylic acids is 1. The Morgan fingerprint density at radius 3 is 2.53 bits per heavy atom. The largest absolute Gasteiger partial charge is 0.506 e. The maximum Gasteiger partial charge on any atom is 0.229 e. The van der Waals surface area contributed by atoms with E-state index in [1.165, 1.54) is 12.1 Å². The molecule has 1 amide bonds. The van der Waals surface area contributed by atoms with Crippen molar-refractivity contribution in [3.05, 3.63) is 59.2 Å². The molecule has 0 aliphatic carbocycles. The second kappa shape index (κ2) is 12.3. The van der Waals surface area contributed by atoms with Crippen LogP contribution in [0.1, 0.15) is 49.5 Å². The molecule has 8 nitrogen and oxygen atoms in total. The van der Waals surface area contributed by atoms with Gasteiger partial charge < -0.3 is 20.8 Å². The Morgan fingerprint density at radius 2 is 1.83 bits per heavy atom. The van der Waals surface area contributed by atoms with E-state index in [0.717, 1.165) is 41.7 Å². The third-order valence-corrected chi connectivity index (χ3v) is 7.70. The van der Waals surface area contributed by atoms with Crippen LogP contribution < -0.4 is 15.4 Å². The molecule has 1 aliphatic rings. The number of β-amino-alcohol motifs (C(OH)–C–C–N with tert-alkyl or cyclic N) is 1. The first-order valence-electron chi connectivity index (χ1n) is 12.1. The van der Waals surface area contributed by atoms with E-state index in [4.69, 9.17) is 0 Å². The molecule has 0 spiro atoms. The highest BCUT2D eigenvalue weighted by Crippen LogP contribution is 2.28. The minimum absolute atomic E-state index is 0.0246. The number of hydrogen-bond acceptors (Lipinski definition) is 7. The zero-order chi connectivity index (χ0) is 26.3. The Morgan fingerprint density at radius 1 is 1.14 bits per heavy atom. The molecule has 36 heavy (non-hydrogen) atoms. The predicted molar refractivity (Wildman–Crippen MR) is 146 cm³/mol. The van der Waals surface area contributed by atoms with Gasteiger partial charge in [0.2, 0.25) is 15.9 Å². The lowest BCUT2D eigenvalue weighted by Gasteiger charge is -2.28. The van der Waals surface area contributed by atoms with Crippen molar-refractivity contribution in [2.24, 2.45) is 0 Å². The van der Waals surface area contributed by atoms with Crippen molar-refractivity contribution >= 4 is 33.4 Å². The summed E-state index contributed by atoms with van der Waals surface area (Å²) in [7, 11) is -3.56. The van der Waals surface area contributed by atoms with Gasteiger partial charge in [-0.1, -0.05) is 30.3 Å². The molecule has 1 aliphatic heterocycles. The number of carbonyl (C=O) groups is 1. The molecule has 0 saturated carbocycles. The predicted octanol–water partition coefficient (Wildman–Crippen LogP) is 2.96. The van der Waals surface area contributed by atoms with Crippen LogP contribution in [0.2, 0.25) is 0 Å². The quantitative estimate of drug-likeness (QED) is 0.280. The van der Waals surface area contributed by atoms with Crippen LogP contribution >= 0.6 is 11.8 Å². The topological polar surface area (TPSA) is 128 Å². The molecule has 0 radical (unpaired) electrons. The number of aliphatic hydroxyl groups excluding tert-OH is 1. The van der Waals surface area contributed by atoms with Crippen LogP contribution in [0, 0.1) is 0 Å². The smallest absolute Gasteiger partial charge is 0.229 e. The number of aromatic hydroxyl groups is 1. The Kier molecular flexibility index (Phi) is 9.68. The summed E-state index contributed by atoms with van der Waals surface area (Å²) in [5.74, 6) is 2.05. The van der Waals surface area contributed by atoms with E-state index in [1.54, 1.807) is 6.07 Å². The van der Waals surface area contributed by atoms with Crippen LogP contribution in [0.25, 0.3) is 0 Å². The van der Waals surface area contributed by atoms with E-state index in [-0.39, 0.29) is 35.5 Å². The fraction of sp³-hybridized carbons (Fsp3) is 0.500. The lowest BCUT2D eigenvalue weighted by atomic mass is 9.93.